The van der Waals surface area contributed by atoms with Gasteiger partial charge in [-0.3, -0.25) is 14.8 Å². The predicted octanol–water partition coefficient (Wildman–Crippen LogP) is 4.25. The molecule has 4 rings (SSSR count). The van der Waals surface area contributed by atoms with Gasteiger partial charge in [0.2, 0.25) is 5.95 Å². The monoisotopic (exact) mass is 412 g/mol. The summed E-state index contributed by atoms with van der Waals surface area (Å²) in [5.74, 6) is 0.800. The zero-order valence-corrected chi connectivity index (χ0v) is 17.0. The lowest BCUT2D eigenvalue weighted by Crippen LogP contribution is -2.13. The van der Waals surface area contributed by atoms with Crippen LogP contribution in [-0.4, -0.2) is 33.0 Å². The van der Waals surface area contributed by atoms with Crippen molar-refractivity contribution in [2.75, 3.05) is 17.7 Å². The van der Waals surface area contributed by atoms with Gasteiger partial charge < -0.3 is 15.4 Å². The Bertz CT molecular complexity index is 1210. The van der Waals surface area contributed by atoms with Crippen LogP contribution < -0.4 is 15.4 Å². The van der Waals surface area contributed by atoms with Crippen LogP contribution in [0, 0.1) is 6.92 Å². The van der Waals surface area contributed by atoms with Gasteiger partial charge in [-0.1, -0.05) is 12.1 Å². The maximum Gasteiger partial charge on any atom is 0.274 e. The molecule has 31 heavy (non-hydrogen) atoms. The number of nitrogens with zero attached hydrogens (tertiary/aromatic N) is 4. The van der Waals surface area contributed by atoms with E-state index < -0.39 is 0 Å². The molecular weight excluding hydrogens is 392 g/mol. The Hall–Kier alpha value is -4.33. The van der Waals surface area contributed by atoms with E-state index in [4.69, 9.17) is 4.74 Å². The minimum Gasteiger partial charge on any atom is -0.495 e. The zero-order valence-electron chi connectivity index (χ0n) is 17.0. The van der Waals surface area contributed by atoms with Crippen molar-refractivity contribution in [1.29, 1.82) is 0 Å². The van der Waals surface area contributed by atoms with Gasteiger partial charge in [0.15, 0.2) is 0 Å². The summed E-state index contributed by atoms with van der Waals surface area (Å²) >= 11 is 0. The molecule has 0 radical (unpaired) electrons. The first-order valence-corrected chi connectivity index (χ1v) is 9.55. The van der Waals surface area contributed by atoms with E-state index in [0.717, 1.165) is 16.8 Å². The van der Waals surface area contributed by atoms with Crippen molar-refractivity contribution in [2.45, 2.75) is 6.92 Å². The summed E-state index contributed by atoms with van der Waals surface area (Å²) < 4.78 is 5.23. The van der Waals surface area contributed by atoms with Gasteiger partial charge in [0, 0.05) is 35.5 Å². The second-order valence-electron chi connectivity index (χ2n) is 6.70. The quantitative estimate of drug-likeness (QED) is 0.488. The standard InChI is InChI=1S/C23H20N6O2/c1-15-6-7-17(27-22(30)20-5-3-4-9-25-20)12-21(15)29-23-26-10-8-19(28-23)16-11-18(31-2)14-24-13-16/h3-14H,1-2H3,(H,27,30)(H,26,28,29). The van der Waals surface area contributed by atoms with Crippen LogP contribution in [0.4, 0.5) is 17.3 Å². The fourth-order valence-corrected chi connectivity index (χ4v) is 2.90. The van der Waals surface area contributed by atoms with Gasteiger partial charge in [0.25, 0.3) is 5.91 Å². The van der Waals surface area contributed by atoms with E-state index in [1.54, 1.807) is 56.2 Å². The number of pyridine rings is 2. The molecule has 1 aromatic carbocycles. The number of carbonyl (C=O) groups is 1. The number of hydrogen-bond acceptors (Lipinski definition) is 7. The summed E-state index contributed by atoms with van der Waals surface area (Å²) in [6.45, 7) is 1.96. The molecule has 0 fully saturated rings. The zero-order chi connectivity index (χ0) is 21.6. The van der Waals surface area contributed by atoms with Crippen LogP contribution in [0.3, 0.4) is 0 Å². The van der Waals surface area contributed by atoms with Gasteiger partial charge in [0.05, 0.1) is 19.0 Å². The number of benzene rings is 1. The predicted molar refractivity (Wildman–Crippen MR) is 118 cm³/mol. The molecular formula is C23H20N6O2. The first kappa shape index (κ1) is 20.0. The molecule has 0 aliphatic carbocycles. The molecule has 8 heteroatoms. The van der Waals surface area contributed by atoms with Crippen molar-refractivity contribution >= 4 is 23.2 Å². The van der Waals surface area contributed by atoms with Crippen LogP contribution in [0.25, 0.3) is 11.3 Å². The minimum atomic E-state index is -0.279. The van der Waals surface area contributed by atoms with E-state index in [2.05, 4.69) is 30.6 Å². The molecule has 0 unspecified atom stereocenters. The van der Waals surface area contributed by atoms with E-state index in [1.165, 1.54) is 0 Å². The number of amides is 1. The van der Waals surface area contributed by atoms with Crippen LogP contribution in [-0.2, 0) is 0 Å². The molecule has 0 aliphatic heterocycles. The van der Waals surface area contributed by atoms with Gasteiger partial charge in [0.1, 0.15) is 11.4 Å². The van der Waals surface area contributed by atoms with Crippen LogP contribution in [0.5, 0.6) is 5.75 Å². The highest BCUT2D eigenvalue weighted by Gasteiger charge is 2.10. The van der Waals surface area contributed by atoms with Gasteiger partial charge in [-0.05, 0) is 48.9 Å². The fourth-order valence-electron chi connectivity index (χ4n) is 2.90. The fraction of sp³-hybridized carbons (Fsp3) is 0.0870. The van der Waals surface area contributed by atoms with Gasteiger partial charge in [-0.25, -0.2) is 9.97 Å². The first-order chi connectivity index (χ1) is 15.1. The molecule has 4 aromatic rings. The van der Waals surface area contributed by atoms with Crippen LogP contribution >= 0.6 is 0 Å². The molecule has 154 valence electrons. The van der Waals surface area contributed by atoms with E-state index in [9.17, 15) is 4.79 Å². The number of nitrogens with one attached hydrogen (secondary N) is 2. The Morgan fingerprint density at radius 2 is 1.90 bits per heavy atom. The Morgan fingerprint density at radius 3 is 2.71 bits per heavy atom. The SMILES string of the molecule is COc1cncc(-c2ccnc(Nc3cc(NC(=O)c4ccccn4)ccc3C)n2)c1. The highest BCUT2D eigenvalue weighted by Crippen LogP contribution is 2.25. The topological polar surface area (TPSA) is 102 Å². The van der Waals surface area contributed by atoms with Gasteiger partial charge in [-0.15, -0.1) is 0 Å². The Morgan fingerprint density at radius 1 is 1.00 bits per heavy atom. The molecule has 0 bridgehead atoms. The third-order valence-corrected chi connectivity index (χ3v) is 4.54. The van der Waals surface area contributed by atoms with E-state index >= 15 is 0 Å². The van der Waals surface area contributed by atoms with E-state index in [1.807, 2.05) is 31.2 Å². The van der Waals surface area contributed by atoms with Crippen molar-refractivity contribution in [3.8, 4) is 17.0 Å². The summed E-state index contributed by atoms with van der Waals surface area (Å²) in [4.78, 5) is 29.5. The largest absolute Gasteiger partial charge is 0.495 e. The molecule has 8 nitrogen and oxygen atoms in total. The normalized spacial score (nSPS) is 10.4. The maximum atomic E-state index is 12.4. The minimum absolute atomic E-state index is 0.279. The van der Waals surface area contributed by atoms with Gasteiger partial charge in [-0.2, -0.15) is 0 Å². The summed E-state index contributed by atoms with van der Waals surface area (Å²) in [7, 11) is 1.59. The number of hydrogen-bond donors (Lipinski definition) is 2. The Labute approximate surface area is 179 Å². The lowest BCUT2D eigenvalue weighted by Gasteiger charge is -2.12. The van der Waals surface area contributed by atoms with Crippen molar-refractivity contribution < 1.29 is 9.53 Å². The average Bonchev–Trinajstić information content (AvgIpc) is 2.82. The summed E-state index contributed by atoms with van der Waals surface area (Å²) in [6, 6.07) is 14.4. The van der Waals surface area contributed by atoms with Crippen LogP contribution in [0.15, 0.2) is 73.3 Å². The first-order valence-electron chi connectivity index (χ1n) is 9.55. The number of anilines is 3. The second-order valence-corrected chi connectivity index (χ2v) is 6.70. The lowest BCUT2D eigenvalue weighted by atomic mass is 10.1. The Balaban J connectivity index is 1.55. The molecule has 0 saturated carbocycles. The number of carbonyl (C=O) groups excluding carboxylic acids is 1. The molecule has 3 heterocycles. The number of methoxy groups -OCH3 is 1. The highest BCUT2D eigenvalue weighted by molar-refractivity contribution is 6.03. The van der Waals surface area contributed by atoms with Crippen LogP contribution in [0.2, 0.25) is 0 Å². The molecule has 2 N–H and O–H groups in total. The van der Waals surface area contributed by atoms with E-state index in [-0.39, 0.29) is 5.91 Å². The van der Waals surface area contributed by atoms with Gasteiger partial charge >= 0.3 is 0 Å². The molecule has 0 atom stereocenters. The lowest BCUT2D eigenvalue weighted by molar-refractivity contribution is 0.102. The molecule has 1 amide bonds. The van der Waals surface area contributed by atoms with Crippen molar-refractivity contribution in [2.24, 2.45) is 0 Å². The average molecular weight is 412 g/mol. The van der Waals surface area contributed by atoms with Crippen molar-refractivity contribution in [1.82, 2.24) is 19.9 Å². The smallest absolute Gasteiger partial charge is 0.274 e. The molecule has 0 saturated heterocycles. The third-order valence-electron chi connectivity index (χ3n) is 4.54. The summed E-state index contributed by atoms with van der Waals surface area (Å²) in [6.07, 6.45) is 6.61. The van der Waals surface area contributed by atoms with Crippen molar-refractivity contribution in [3.05, 3.63) is 84.6 Å². The third kappa shape index (κ3) is 4.81. The van der Waals surface area contributed by atoms with E-state index in [0.29, 0.717) is 28.8 Å². The molecule has 0 spiro atoms. The molecule has 3 aromatic heterocycles. The summed E-state index contributed by atoms with van der Waals surface area (Å²) in [5, 5.41) is 6.08. The number of aryl methyl sites for hydroxylation is 1. The Kier molecular flexibility index (Phi) is 5.79. The van der Waals surface area contributed by atoms with Crippen molar-refractivity contribution in [3.63, 3.8) is 0 Å². The molecule has 0 aliphatic rings. The maximum absolute atomic E-state index is 12.4. The van der Waals surface area contributed by atoms with Crippen LogP contribution in [0.1, 0.15) is 16.1 Å². The highest BCUT2D eigenvalue weighted by atomic mass is 16.5. The summed E-state index contributed by atoms with van der Waals surface area (Å²) in [5.41, 5.74) is 4.27. The number of ether oxygens (including phenoxy) is 1. The number of rotatable bonds is 6. The number of aromatic nitrogens is 4. The second kappa shape index (κ2) is 9.00.